The van der Waals surface area contributed by atoms with Gasteiger partial charge >= 0.3 is 5.97 Å². The molecule has 0 fully saturated rings. The minimum Gasteiger partial charge on any atom is -0.465 e. The summed E-state index contributed by atoms with van der Waals surface area (Å²) in [5.74, 6) is 0.624. The summed E-state index contributed by atoms with van der Waals surface area (Å²) in [5.41, 5.74) is 3.26. The highest BCUT2D eigenvalue weighted by atomic mass is 35.5. The van der Waals surface area contributed by atoms with Gasteiger partial charge < -0.3 is 10.1 Å². The number of thioether (sulfide) groups is 1. The molecule has 0 unspecified atom stereocenters. The average molecular weight is 364 g/mol. The minimum atomic E-state index is -0.355. The van der Waals surface area contributed by atoms with Gasteiger partial charge in [0, 0.05) is 16.5 Å². The van der Waals surface area contributed by atoms with Crippen molar-refractivity contribution >= 4 is 40.9 Å². The Morgan fingerprint density at radius 3 is 2.50 bits per heavy atom. The number of carbonyl (C=O) groups excluding carboxylic acids is 2. The van der Waals surface area contributed by atoms with Gasteiger partial charge in [0.2, 0.25) is 5.91 Å². The molecule has 6 heteroatoms. The molecular weight excluding hydrogens is 346 g/mol. The molecule has 126 valence electrons. The van der Waals surface area contributed by atoms with Crippen LogP contribution in [0.1, 0.15) is 21.5 Å². The molecule has 2 rings (SSSR count). The van der Waals surface area contributed by atoms with Crippen LogP contribution in [0.5, 0.6) is 0 Å². The summed E-state index contributed by atoms with van der Waals surface area (Å²) in [4.78, 5) is 23.4. The fourth-order valence-electron chi connectivity index (χ4n) is 2.07. The number of halogens is 1. The maximum absolute atomic E-state index is 12.0. The Kier molecular flexibility index (Phi) is 6.70. The average Bonchev–Trinajstić information content (AvgIpc) is 2.57. The highest BCUT2D eigenvalue weighted by Gasteiger charge is 2.07. The lowest BCUT2D eigenvalue weighted by molar-refractivity contribution is -0.113. The second kappa shape index (κ2) is 8.76. The minimum absolute atomic E-state index is 0.0587. The number of carbonyl (C=O) groups is 2. The van der Waals surface area contributed by atoms with E-state index in [2.05, 4.69) is 10.1 Å². The number of methoxy groups -OCH3 is 1. The number of hydrogen-bond donors (Lipinski definition) is 1. The van der Waals surface area contributed by atoms with Gasteiger partial charge in [0.25, 0.3) is 0 Å². The van der Waals surface area contributed by atoms with Crippen LogP contribution >= 0.6 is 23.4 Å². The smallest absolute Gasteiger partial charge is 0.337 e. The van der Waals surface area contributed by atoms with Crippen molar-refractivity contribution in [1.82, 2.24) is 0 Å². The fourth-order valence-corrected chi connectivity index (χ4v) is 3.08. The SMILES string of the molecule is COC(=O)c1ccc(CSCC(=O)Nc2ccc(Cl)cc2C)cc1. The van der Waals surface area contributed by atoms with E-state index >= 15 is 0 Å². The van der Waals surface area contributed by atoms with E-state index in [-0.39, 0.29) is 11.9 Å². The molecule has 0 heterocycles. The second-order valence-electron chi connectivity index (χ2n) is 5.19. The summed E-state index contributed by atoms with van der Waals surface area (Å²) in [6.45, 7) is 1.90. The molecule has 0 aliphatic carbocycles. The first-order valence-corrected chi connectivity index (χ1v) is 8.84. The Balaban J connectivity index is 1.81. The van der Waals surface area contributed by atoms with Gasteiger partial charge in [0.05, 0.1) is 18.4 Å². The monoisotopic (exact) mass is 363 g/mol. The van der Waals surface area contributed by atoms with Crippen LogP contribution in [0.2, 0.25) is 5.02 Å². The lowest BCUT2D eigenvalue weighted by Crippen LogP contribution is -2.14. The molecule has 0 saturated heterocycles. The normalized spacial score (nSPS) is 10.3. The van der Waals surface area contributed by atoms with Crippen molar-refractivity contribution < 1.29 is 14.3 Å². The quantitative estimate of drug-likeness (QED) is 0.777. The van der Waals surface area contributed by atoms with Gasteiger partial charge in [-0.25, -0.2) is 4.79 Å². The number of hydrogen-bond acceptors (Lipinski definition) is 4. The van der Waals surface area contributed by atoms with Crippen molar-refractivity contribution in [3.63, 3.8) is 0 Å². The van der Waals surface area contributed by atoms with E-state index in [0.717, 1.165) is 16.8 Å². The highest BCUT2D eigenvalue weighted by molar-refractivity contribution is 7.99. The van der Waals surface area contributed by atoms with Crippen LogP contribution < -0.4 is 5.32 Å². The van der Waals surface area contributed by atoms with Crippen LogP contribution in [0.3, 0.4) is 0 Å². The Bertz CT molecular complexity index is 732. The molecule has 2 aromatic rings. The summed E-state index contributed by atoms with van der Waals surface area (Å²) in [6.07, 6.45) is 0. The third-order valence-corrected chi connectivity index (χ3v) is 4.58. The third-order valence-electron chi connectivity index (χ3n) is 3.34. The fraction of sp³-hybridized carbons (Fsp3) is 0.222. The molecule has 2 aromatic carbocycles. The van der Waals surface area contributed by atoms with E-state index in [1.165, 1.54) is 18.9 Å². The number of aryl methyl sites for hydroxylation is 1. The van der Waals surface area contributed by atoms with Gasteiger partial charge in [-0.3, -0.25) is 4.79 Å². The van der Waals surface area contributed by atoms with Crippen LogP contribution in [0.4, 0.5) is 5.69 Å². The van der Waals surface area contributed by atoms with Crippen LogP contribution in [-0.2, 0) is 15.3 Å². The molecule has 0 aliphatic heterocycles. The van der Waals surface area contributed by atoms with Crippen molar-refractivity contribution in [3.8, 4) is 0 Å². The van der Waals surface area contributed by atoms with Crippen LogP contribution in [0.15, 0.2) is 42.5 Å². The second-order valence-corrected chi connectivity index (χ2v) is 6.61. The molecule has 4 nitrogen and oxygen atoms in total. The van der Waals surface area contributed by atoms with Crippen molar-refractivity contribution in [3.05, 3.63) is 64.2 Å². The predicted molar refractivity (Wildman–Crippen MR) is 98.8 cm³/mol. The van der Waals surface area contributed by atoms with Gasteiger partial charge in [-0.2, -0.15) is 0 Å². The Morgan fingerprint density at radius 1 is 1.17 bits per heavy atom. The molecule has 0 radical (unpaired) electrons. The van der Waals surface area contributed by atoms with Gasteiger partial charge in [0.1, 0.15) is 0 Å². The predicted octanol–water partition coefficient (Wildman–Crippen LogP) is 4.31. The first-order valence-electron chi connectivity index (χ1n) is 7.30. The van der Waals surface area contributed by atoms with E-state index in [1.807, 2.05) is 25.1 Å². The van der Waals surface area contributed by atoms with Crippen molar-refractivity contribution in [2.75, 3.05) is 18.2 Å². The largest absolute Gasteiger partial charge is 0.465 e. The van der Waals surface area contributed by atoms with Crippen LogP contribution in [-0.4, -0.2) is 24.7 Å². The first kappa shape index (κ1) is 18.4. The maximum atomic E-state index is 12.0. The lowest BCUT2D eigenvalue weighted by Gasteiger charge is -2.08. The van der Waals surface area contributed by atoms with Gasteiger partial charge in [-0.15, -0.1) is 11.8 Å². The molecule has 0 aromatic heterocycles. The molecule has 24 heavy (non-hydrogen) atoms. The van der Waals surface area contributed by atoms with Gasteiger partial charge in [-0.05, 0) is 48.4 Å². The zero-order chi connectivity index (χ0) is 17.5. The number of anilines is 1. The topological polar surface area (TPSA) is 55.4 Å². The summed E-state index contributed by atoms with van der Waals surface area (Å²) in [7, 11) is 1.35. The number of rotatable bonds is 6. The molecule has 0 spiro atoms. The standard InChI is InChI=1S/C18H18ClNO3S/c1-12-9-15(19)7-8-16(12)20-17(21)11-24-10-13-3-5-14(6-4-13)18(22)23-2/h3-9H,10-11H2,1-2H3,(H,20,21). The Morgan fingerprint density at radius 2 is 1.88 bits per heavy atom. The molecule has 0 aliphatic rings. The molecule has 0 atom stereocenters. The Hall–Kier alpha value is -1.98. The van der Waals surface area contributed by atoms with Crippen LogP contribution in [0.25, 0.3) is 0 Å². The number of benzene rings is 2. The number of esters is 1. The lowest BCUT2D eigenvalue weighted by atomic mass is 10.1. The summed E-state index contributed by atoms with van der Waals surface area (Å²) in [6, 6.07) is 12.5. The van der Waals surface area contributed by atoms with Gasteiger partial charge in [0.15, 0.2) is 0 Å². The maximum Gasteiger partial charge on any atom is 0.337 e. The molecule has 0 saturated carbocycles. The summed E-state index contributed by atoms with van der Waals surface area (Å²) >= 11 is 7.41. The highest BCUT2D eigenvalue weighted by Crippen LogP contribution is 2.20. The zero-order valence-corrected chi connectivity index (χ0v) is 15.0. The van der Waals surface area contributed by atoms with Crippen molar-refractivity contribution in [2.24, 2.45) is 0 Å². The number of amides is 1. The summed E-state index contributed by atoms with van der Waals surface area (Å²) < 4.78 is 4.66. The van der Waals surface area contributed by atoms with Crippen LogP contribution in [0, 0.1) is 6.92 Å². The van der Waals surface area contributed by atoms with E-state index in [1.54, 1.807) is 24.3 Å². The third kappa shape index (κ3) is 5.28. The first-order chi connectivity index (χ1) is 11.5. The van der Waals surface area contributed by atoms with Gasteiger partial charge in [-0.1, -0.05) is 23.7 Å². The summed E-state index contributed by atoms with van der Waals surface area (Å²) in [5, 5.41) is 3.52. The number of nitrogens with one attached hydrogen (secondary N) is 1. The Labute approximate surface area is 150 Å². The van der Waals surface area contributed by atoms with E-state index in [9.17, 15) is 9.59 Å². The van der Waals surface area contributed by atoms with E-state index < -0.39 is 0 Å². The van der Waals surface area contributed by atoms with E-state index in [0.29, 0.717) is 22.1 Å². The van der Waals surface area contributed by atoms with Crippen molar-refractivity contribution in [2.45, 2.75) is 12.7 Å². The molecule has 1 amide bonds. The molecule has 1 N–H and O–H groups in total. The van der Waals surface area contributed by atoms with Crippen molar-refractivity contribution in [1.29, 1.82) is 0 Å². The number of ether oxygens (including phenoxy) is 1. The molecule has 0 bridgehead atoms. The zero-order valence-electron chi connectivity index (χ0n) is 13.5. The van der Waals surface area contributed by atoms with E-state index in [4.69, 9.17) is 11.6 Å². The molecular formula is C18H18ClNO3S.